The predicted octanol–water partition coefficient (Wildman–Crippen LogP) is 2.02. The van der Waals surface area contributed by atoms with Crippen molar-refractivity contribution in [3.8, 4) is 0 Å². The van der Waals surface area contributed by atoms with Crippen LogP contribution in [0.25, 0.3) is 0 Å². The lowest BCUT2D eigenvalue weighted by Gasteiger charge is -2.38. The number of nitrogens with two attached hydrogens (primary N) is 1. The second-order valence-corrected chi connectivity index (χ2v) is 9.24. The summed E-state index contributed by atoms with van der Waals surface area (Å²) in [7, 11) is 0. The first-order chi connectivity index (χ1) is 10.7. The molecule has 3 aliphatic heterocycles. The van der Waals surface area contributed by atoms with Gasteiger partial charge in [-0.3, -0.25) is 9.59 Å². The molecule has 2 bridgehead atoms. The van der Waals surface area contributed by atoms with E-state index in [1.54, 1.807) is 27.7 Å². The van der Waals surface area contributed by atoms with E-state index in [9.17, 15) is 22.8 Å². The highest BCUT2D eigenvalue weighted by Crippen LogP contribution is 2.67. The molecule has 9 heteroatoms. The molecule has 0 radical (unpaired) electrons. The first-order valence-corrected chi connectivity index (χ1v) is 8.61. The Morgan fingerprint density at radius 2 is 1.92 bits per heavy atom. The van der Waals surface area contributed by atoms with Gasteiger partial charge in [0.25, 0.3) is 0 Å². The van der Waals surface area contributed by atoms with Gasteiger partial charge in [0.05, 0.1) is 10.7 Å². The molecular weight excluding hydrogens is 347 g/mol. The molecule has 0 aromatic rings. The smallest absolute Gasteiger partial charge is 0.406 e. The number of rotatable bonds is 3. The predicted molar refractivity (Wildman–Crippen MR) is 80.1 cm³/mol. The Hall–Kier alpha value is -0.960. The van der Waals surface area contributed by atoms with Gasteiger partial charge in [-0.05, 0) is 34.1 Å². The van der Waals surface area contributed by atoms with Gasteiger partial charge in [0.15, 0.2) is 17.6 Å². The van der Waals surface area contributed by atoms with E-state index in [1.807, 2.05) is 0 Å². The molecule has 3 aliphatic rings. The molecule has 24 heavy (non-hydrogen) atoms. The number of carbonyl (C=O) groups excluding carboxylic acids is 2. The van der Waals surface area contributed by atoms with Crippen molar-refractivity contribution in [2.45, 2.75) is 68.5 Å². The Morgan fingerprint density at radius 3 is 2.42 bits per heavy atom. The fraction of sp³-hybridized carbons (Fsp3) is 0.867. The van der Waals surface area contributed by atoms with Crippen molar-refractivity contribution >= 4 is 23.7 Å². The van der Waals surface area contributed by atoms with E-state index in [0.29, 0.717) is 0 Å². The molecule has 0 spiro atoms. The molecule has 5 atom stereocenters. The third-order valence-electron chi connectivity index (χ3n) is 5.80. The van der Waals surface area contributed by atoms with Gasteiger partial charge in [0.2, 0.25) is 0 Å². The van der Waals surface area contributed by atoms with E-state index in [1.165, 1.54) is 0 Å². The maximum Gasteiger partial charge on any atom is 0.406 e. The highest BCUT2D eigenvalue weighted by molar-refractivity contribution is 8.01. The van der Waals surface area contributed by atoms with Crippen molar-refractivity contribution in [1.29, 1.82) is 0 Å². The van der Waals surface area contributed by atoms with Gasteiger partial charge in [0, 0.05) is 10.8 Å². The second-order valence-electron chi connectivity index (χ2n) is 7.85. The SMILES string of the molecule is CC(C)(N)C(C)(C)C(=O)OC1C2CC3(C(F)(F)F)C(=O)OC1C3S2. The summed E-state index contributed by atoms with van der Waals surface area (Å²) < 4.78 is 50.8. The minimum atomic E-state index is -4.67. The third-order valence-corrected chi connectivity index (χ3v) is 7.54. The molecule has 0 amide bonds. The number of halogens is 3. The molecule has 0 aliphatic carbocycles. The zero-order valence-electron chi connectivity index (χ0n) is 13.8. The number of alkyl halides is 3. The Kier molecular flexibility index (Phi) is 3.58. The van der Waals surface area contributed by atoms with Crippen molar-refractivity contribution in [3.05, 3.63) is 0 Å². The zero-order valence-corrected chi connectivity index (χ0v) is 14.6. The summed E-state index contributed by atoms with van der Waals surface area (Å²) in [5.74, 6) is -1.86. The topological polar surface area (TPSA) is 78.6 Å². The van der Waals surface area contributed by atoms with Gasteiger partial charge in [0.1, 0.15) is 0 Å². The normalized spacial score (nSPS) is 38.4. The number of carbonyl (C=O) groups is 2. The minimum Gasteiger partial charge on any atom is -0.457 e. The van der Waals surface area contributed by atoms with Crippen molar-refractivity contribution in [3.63, 3.8) is 0 Å². The number of fused-ring (bicyclic) bond motifs is 1. The molecule has 0 saturated carbocycles. The Bertz CT molecular complexity index is 601. The molecule has 136 valence electrons. The maximum absolute atomic E-state index is 13.4. The van der Waals surface area contributed by atoms with Crippen LogP contribution < -0.4 is 5.73 Å². The third kappa shape index (κ3) is 2.06. The number of hydrogen-bond donors (Lipinski definition) is 1. The molecule has 0 aromatic heterocycles. The van der Waals surface area contributed by atoms with Gasteiger partial charge >= 0.3 is 18.1 Å². The van der Waals surface area contributed by atoms with Crippen molar-refractivity contribution in [2.75, 3.05) is 0 Å². The van der Waals surface area contributed by atoms with Gasteiger partial charge in [-0.25, -0.2) is 0 Å². The summed E-state index contributed by atoms with van der Waals surface area (Å²) in [4.78, 5) is 24.4. The number of ether oxygens (including phenoxy) is 2. The lowest BCUT2D eigenvalue weighted by molar-refractivity contribution is -0.222. The molecule has 5 unspecified atom stereocenters. The highest BCUT2D eigenvalue weighted by Gasteiger charge is 2.81. The van der Waals surface area contributed by atoms with Gasteiger partial charge in [-0.1, -0.05) is 0 Å². The minimum absolute atomic E-state index is 0.411. The van der Waals surface area contributed by atoms with Crippen molar-refractivity contribution in [1.82, 2.24) is 0 Å². The highest BCUT2D eigenvalue weighted by atomic mass is 32.2. The van der Waals surface area contributed by atoms with Crippen molar-refractivity contribution in [2.24, 2.45) is 16.6 Å². The summed E-state index contributed by atoms with van der Waals surface area (Å²) in [5, 5.41) is -1.66. The van der Waals surface area contributed by atoms with Gasteiger partial charge < -0.3 is 15.2 Å². The first-order valence-electron chi connectivity index (χ1n) is 7.67. The van der Waals surface area contributed by atoms with Gasteiger partial charge in [-0.2, -0.15) is 13.2 Å². The average Bonchev–Trinajstić information content (AvgIpc) is 2.98. The van der Waals surface area contributed by atoms with Crippen LogP contribution >= 0.6 is 11.8 Å². The Morgan fingerprint density at radius 1 is 1.33 bits per heavy atom. The van der Waals surface area contributed by atoms with Crippen LogP contribution in [0.5, 0.6) is 0 Å². The molecule has 2 N–H and O–H groups in total. The van der Waals surface area contributed by atoms with Crippen LogP contribution in [-0.4, -0.2) is 46.4 Å². The lowest BCUT2D eigenvalue weighted by atomic mass is 9.73. The van der Waals surface area contributed by atoms with E-state index >= 15 is 0 Å². The zero-order chi connectivity index (χ0) is 18.3. The van der Waals surface area contributed by atoms with Crippen LogP contribution in [0.15, 0.2) is 0 Å². The fourth-order valence-electron chi connectivity index (χ4n) is 3.35. The van der Waals surface area contributed by atoms with E-state index in [4.69, 9.17) is 15.2 Å². The van der Waals surface area contributed by atoms with Crippen LogP contribution in [0, 0.1) is 10.8 Å². The summed E-state index contributed by atoms with van der Waals surface area (Å²) in [6, 6.07) is 0. The average molecular weight is 367 g/mol. The van der Waals surface area contributed by atoms with E-state index < -0.39 is 63.6 Å². The summed E-state index contributed by atoms with van der Waals surface area (Å²) in [6.45, 7) is 6.59. The molecule has 3 rings (SSSR count). The standard InChI is InChI=1S/C15H20F3NO4S/c1-12(2,13(3,4)19)10(20)22-7-6-5-14(15(16,17)18)9(24-6)8(7)23-11(14)21/h6-9H,5,19H2,1-4H3. The van der Waals surface area contributed by atoms with Crippen LogP contribution in [0.4, 0.5) is 13.2 Å². The Labute approximate surface area is 141 Å². The monoisotopic (exact) mass is 367 g/mol. The Balaban J connectivity index is 1.82. The first kappa shape index (κ1) is 17.8. The van der Waals surface area contributed by atoms with E-state index in [-0.39, 0.29) is 0 Å². The van der Waals surface area contributed by atoms with Crippen LogP contribution in [0.2, 0.25) is 0 Å². The molecule has 5 nitrogen and oxygen atoms in total. The number of thioether (sulfide) groups is 1. The second kappa shape index (κ2) is 4.81. The number of hydrogen-bond acceptors (Lipinski definition) is 6. The van der Waals surface area contributed by atoms with Crippen LogP contribution in [0.1, 0.15) is 34.1 Å². The van der Waals surface area contributed by atoms with E-state index in [0.717, 1.165) is 11.8 Å². The fourth-order valence-corrected chi connectivity index (χ4v) is 5.37. The molecular formula is C15H20F3NO4S. The maximum atomic E-state index is 13.4. The quantitative estimate of drug-likeness (QED) is 0.769. The molecule has 3 heterocycles. The molecule has 0 aromatic carbocycles. The molecule has 3 fully saturated rings. The summed E-state index contributed by atoms with van der Waals surface area (Å²) in [5.41, 5.74) is 1.62. The van der Waals surface area contributed by atoms with Crippen LogP contribution in [-0.2, 0) is 19.1 Å². The van der Waals surface area contributed by atoms with Crippen molar-refractivity contribution < 1.29 is 32.2 Å². The number of esters is 2. The largest absolute Gasteiger partial charge is 0.457 e. The molecule has 3 saturated heterocycles. The van der Waals surface area contributed by atoms with Gasteiger partial charge in [-0.15, -0.1) is 11.8 Å². The summed E-state index contributed by atoms with van der Waals surface area (Å²) in [6.07, 6.45) is -7.00. The lowest BCUT2D eigenvalue weighted by Crippen LogP contribution is -2.55. The summed E-state index contributed by atoms with van der Waals surface area (Å²) >= 11 is 1.03. The van der Waals surface area contributed by atoms with Crippen LogP contribution in [0.3, 0.4) is 0 Å². The van der Waals surface area contributed by atoms with E-state index in [2.05, 4.69) is 0 Å².